The Balaban J connectivity index is 1.75. The first-order valence-electron chi connectivity index (χ1n) is 7.35. The van der Waals surface area contributed by atoms with Gasteiger partial charge in [0.25, 0.3) is 5.91 Å². The third-order valence-corrected chi connectivity index (χ3v) is 3.44. The van der Waals surface area contributed by atoms with Gasteiger partial charge in [-0.05, 0) is 30.3 Å². The molecule has 2 aromatic heterocycles. The highest BCUT2D eigenvalue weighted by Crippen LogP contribution is 2.29. The summed E-state index contributed by atoms with van der Waals surface area (Å²) in [5.41, 5.74) is 3.44. The summed E-state index contributed by atoms with van der Waals surface area (Å²) in [6.45, 7) is 0. The zero-order chi connectivity index (χ0) is 17.5. The van der Waals surface area contributed by atoms with Crippen LogP contribution in [0.4, 0.5) is 0 Å². The van der Waals surface area contributed by atoms with E-state index in [1.54, 1.807) is 54.9 Å². The summed E-state index contributed by atoms with van der Waals surface area (Å²) >= 11 is 6.07. The zero-order valence-electron chi connectivity index (χ0n) is 13.0. The quantitative estimate of drug-likeness (QED) is 0.561. The van der Waals surface area contributed by atoms with Crippen molar-refractivity contribution in [2.75, 3.05) is 0 Å². The number of nitrogens with one attached hydrogen (secondary N) is 1. The minimum absolute atomic E-state index is 0.143. The van der Waals surface area contributed by atoms with Gasteiger partial charge in [0.05, 0.1) is 11.2 Å². The highest BCUT2D eigenvalue weighted by Gasteiger charge is 2.14. The minimum atomic E-state index is -0.449. The molecule has 2 heterocycles. The van der Waals surface area contributed by atoms with E-state index in [0.717, 1.165) is 5.56 Å². The number of nitrogens with zero attached hydrogens (tertiary/aromatic N) is 3. The molecule has 3 rings (SSSR count). The van der Waals surface area contributed by atoms with Gasteiger partial charge in [0.15, 0.2) is 0 Å². The van der Waals surface area contributed by atoms with E-state index in [2.05, 4.69) is 20.5 Å². The normalized spacial score (nSPS) is 10.6. The number of hydrogen-bond donors (Lipinski definition) is 1. The third kappa shape index (κ3) is 4.39. The summed E-state index contributed by atoms with van der Waals surface area (Å²) in [7, 11) is 0. The second-order valence-corrected chi connectivity index (χ2v) is 5.28. The Morgan fingerprint density at radius 1 is 1.12 bits per heavy atom. The molecule has 1 aromatic carbocycles. The number of amides is 1. The van der Waals surface area contributed by atoms with Crippen molar-refractivity contribution in [3.8, 4) is 11.6 Å². The predicted molar refractivity (Wildman–Crippen MR) is 95.1 cm³/mol. The van der Waals surface area contributed by atoms with E-state index in [0.29, 0.717) is 10.8 Å². The number of ether oxygens (including phenoxy) is 1. The molecule has 0 saturated heterocycles. The molecular formula is C18H13ClN4O2. The van der Waals surface area contributed by atoms with Crippen molar-refractivity contribution in [3.63, 3.8) is 0 Å². The van der Waals surface area contributed by atoms with Crippen LogP contribution < -0.4 is 10.2 Å². The third-order valence-electron chi connectivity index (χ3n) is 3.12. The van der Waals surface area contributed by atoms with Crippen molar-refractivity contribution < 1.29 is 9.53 Å². The number of carbonyl (C=O) groups excluding carboxylic acids is 1. The number of hydrazone groups is 1. The maximum absolute atomic E-state index is 12.3. The molecule has 1 N–H and O–H groups in total. The van der Waals surface area contributed by atoms with E-state index in [-0.39, 0.29) is 11.4 Å². The fourth-order valence-corrected chi connectivity index (χ4v) is 2.13. The number of halogens is 1. The van der Waals surface area contributed by atoms with Crippen molar-refractivity contribution in [3.05, 3.63) is 83.3 Å². The highest BCUT2D eigenvalue weighted by molar-refractivity contribution is 6.32. The summed E-state index contributed by atoms with van der Waals surface area (Å²) in [5.74, 6) is 0.107. The van der Waals surface area contributed by atoms with Gasteiger partial charge in [-0.15, -0.1) is 0 Å². The highest BCUT2D eigenvalue weighted by atomic mass is 35.5. The van der Waals surface area contributed by atoms with Crippen LogP contribution in [0.2, 0.25) is 5.02 Å². The van der Waals surface area contributed by atoms with Gasteiger partial charge < -0.3 is 4.74 Å². The molecule has 25 heavy (non-hydrogen) atoms. The van der Waals surface area contributed by atoms with Crippen LogP contribution in [0.3, 0.4) is 0 Å². The lowest BCUT2D eigenvalue weighted by atomic mass is 10.2. The molecule has 0 radical (unpaired) electrons. The van der Waals surface area contributed by atoms with Gasteiger partial charge in [-0.25, -0.2) is 10.4 Å². The summed E-state index contributed by atoms with van der Waals surface area (Å²) in [5, 5.41) is 4.33. The summed E-state index contributed by atoms with van der Waals surface area (Å²) in [6, 6.07) is 13.8. The van der Waals surface area contributed by atoms with Gasteiger partial charge in [-0.2, -0.15) is 5.10 Å². The number of pyridine rings is 2. The molecule has 6 nitrogen and oxygen atoms in total. The number of para-hydroxylation sites is 1. The van der Waals surface area contributed by atoms with Crippen molar-refractivity contribution in [2.24, 2.45) is 5.10 Å². The fourth-order valence-electron chi connectivity index (χ4n) is 1.95. The first-order chi connectivity index (χ1) is 12.2. The Hall–Kier alpha value is -3.25. The van der Waals surface area contributed by atoms with E-state index in [4.69, 9.17) is 16.3 Å². The van der Waals surface area contributed by atoms with E-state index in [9.17, 15) is 4.79 Å². The van der Waals surface area contributed by atoms with Crippen LogP contribution in [0.15, 0.2) is 72.2 Å². The molecule has 0 unspecified atom stereocenters. The molecule has 0 aliphatic heterocycles. The fraction of sp³-hybridized carbons (Fsp3) is 0. The van der Waals surface area contributed by atoms with E-state index in [1.807, 2.05) is 6.07 Å². The number of benzene rings is 1. The van der Waals surface area contributed by atoms with Crippen LogP contribution >= 0.6 is 11.6 Å². The van der Waals surface area contributed by atoms with Gasteiger partial charge in [0.2, 0.25) is 5.88 Å². The molecule has 3 aromatic rings. The number of hydrogen-bond acceptors (Lipinski definition) is 5. The topological polar surface area (TPSA) is 76.5 Å². The number of carbonyl (C=O) groups is 1. The largest absolute Gasteiger partial charge is 0.437 e. The molecule has 0 atom stereocenters. The minimum Gasteiger partial charge on any atom is -0.437 e. The van der Waals surface area contributed by atoms with Gasteiger partial charge in [0, 0.05) is 24.2 Å². The Labute approximate surface area is 149 Å². The molecule has 1 amide bonds. The van der Waals surface area contributed by atoms with Crippen LogP contribution in [0.25, 0.3) is 0 Å². The van der Waals surface area contributed by atoms with Crippen LogP contribution in [0.1, 0.15) is 15.9 Å². The van der Waals surface area contributed by atoms with Gasteiger partial charge in [0.1, 0.15) is 11.3 Å². The van der Waals surface area contributed by atoms with E-state index in [1.165, 1.54) is 12.4 Å². The standard InChI is InChI=1S/C18H13ClN4O2/c19-15-7-1-2-8-16(15)25-18-14(6-4-10-21-18)17(24)23-22-12-13-5-3-9-20-11-13/h1-12H,(H,23,24)/b22-12+. The van der Waals surface area contributed by atoms with E-state index >= 15 is 0 Å². The molecule has 0 aliphatic rings. The second kappa shape index (κ2) is 8.03. The molecule has 0 spiro atoms. The average molecular weight is 353 g/mol. The van der Waals surface area contributed by atoms with Crippen molar-refractivity contribution in [1.82, 2.24) is 15.4 Å². The average Bonchev–Trinajstić information content (AvgIpc) is 2.65. The molecule has 7 heteroatoms. The maximum atomic E-state index is 12.3. The Bertz CT molecular complexity index is 900. The maximum Gasteiger partial charge on any atom is 0.276 e. The first kappa shape index (κ1) is 16.6. The Kier molecular flexibility index (Phi) is 5.33. The van der Waals surface area contributed by atoms with Crippen LogP contribution in [0, 0.1) is 0 Å². The Morgan fingerprint density at radius 2 is 1.96 bits per heavy atom. The summed E-state index contributed by atoms with van der Waals surface area (Å²) < 4.78 is 5.66. The van der Waals surface area contributed by atoms with Crippen LogP contribution in [-0.2, 0) is 0 Å². The molecule has 0 bridgehead atoms. The van der Waals surface area contributed by atoms with Crippen LogP contribution in [-0.4, -0.2) is 22.1 Å². The van der Waals surface area contributed by atoms with Crippen molar-refractivity contribution >= 4 is 23.7 Å². The first-order valence-corrected chi connectivity index (χ1v) is 7.72. The lowest BCUT2D eigenvalue weighted by molar-refractivity contribution is 0.0952. The monoisotopic (exact) mass is 352 g/mol. The molecule has 0 saturated carbocycles. The molecular weight excluding hydrogens is 340 g/mol. The summed E-state index contributed by atoms with van der Waals surface area (Å²) in [6.07, 6.45) is 6.31. The molecule has 0 fully saturated rings. The van der Waals surface area contributed by atoms with Gasteiger partial charge in [-0.3, -0.25) is 9.78 Å². The second-order valence-electron chi connectivity index (χ2n) is 4.87. The predicted octanol–water partition coefficient (Wildman–Crippen LogP) is 3.69. The lowest BCUT2D eigenvalue weighted by Crippen LogP contribution is -2.18. The molecule has 0 aliphatic carbocycles. The van der Waals surface area contributed by atoms with Gasteiger partial charge in [-0.1, -0.05) is 29.8 Å². The van der Waals surface area contributed by atoms with E-state index < -0.39 is 5.91 Å². The SMILES string of the molecule is O=C(N/N=C/c1cccnc1)c1cccnc1Oc1ccccc1Cl. The smallest absolute Gasteiger partial charge is 0.276 e. The summed E-state index contributed by atoms with van der Waals surface area (Å²) in [4.78, 5) is 20.4. The number of rotatable bonds is 5. The lowest BCUT2D eigenvalue weighted by Gasteiger charge is -2.09. The zero-order valence-corrected chi connectivity index (χ0v) is 13.7. The van der Waals surface area contributed by atoms with Crippen molar-refractivity contribution in [1.29, 1.82) is 0 Å². The van der Waals surface area contributed by atoms with Crippen LogP contribution in [0.5, 0.6) is 11.6 Å². The van der Waals surface area contributed by atoms with Gasteiger partial charge >= 0.3 is 0 Å². The molecule has 124 valence electrons. The number of aromatic nitrogens is 2. The Morgan fingerprint density at radius 3 is 2.76 bits per heavy atom. The van der Waals surface area contributed by atoms with Crippen molar-refractivity contribution in [2.45, 2.75) is 0 Å².